The van der Waals surface area contributed by atoms with E-state index < -0.39 is 0 Å². The topological polar surface area (TPSA) is 39.5 Å². The Labute approximate surface area is 170 Å². The predicted octanol–water partition coefficient (Wildman–Crippen LogP) is 3.83. The van der Waals surface area contributed by atoms with Crippen LogP contribution >= 0.6 is 0 Å². The summed E-state index contributed by atoms with van der Waals surface area (Å²) in [6.07, 6.45) is 2.13. The van der Waals surface area contributed by atoms with Crippen LogP contribution in [-0.4, -0.2) is 54.2 Å². The first-order valence-corrected chi connectivity index (χ1v) is 9.88. The zero-order valence-electron chi connectivity index (χ0n) is 16.8. The van der Waals surface area contributed by atoms with E-state index in [1.165, 1.54) is 17.7 Å². The van der Waals surface area contributed by atoms with Gasteiger partial charge in [-0.1, -0.05) is 17.7 Å². The number of nitrogens with zero attached hydrogens (tertiary/aromatic N) is 3. The van der Waals surface area contributed by atoms with Crippen molar-refractivity contribution < 1.29 is 13.9 Å². The van der Waals surface area contributed by atoms with Crippen molar-refractivity contribution in [3.63, 3.8) is 0 Å². The summed E-state index contributed by atoms with van der Waals surface area (Å²) in [7, 11) is 2.07. The van der Waals surface area contributed by atoms with Crippen LogP contribution in [0.4, 0.5) is 4.39 Å². The van der Waals surface area contributed by atoms with Gasteiger partial charge < -0.3 is 9.47 Å². The van der Waals surface area contributed by atoms with Crippen molar-refractivity contribution in [2.24, 2.45) is 0 Å². The molecule has 2 aromatic carbocycles. The van der Waals surface area contributed by atoms with Gasteiger partial charge in [-0.05, 0) is 50.4 Å². The van der Waals surface area contributed by atoms with E-state index in [0.29, 0.717) is 26.4 Å². The first-order chi connectivity index (χ1) is 14.1. The summed E-state index contributed by atoms with van der Waals surface area (Å²) < 4.78 is 26.6. The van der Waals surface area contributed by atoms with Crippen LogP contribution < -0.4 is 0 Å². The van der Waals surface area contributed by atoms with Crippen LogP contribution in [0.3, 0.4) is 0 Å². The molecule has 1 saturated heterocycles. The van der Waals surface area contributed by atoms with Gasteiger partial charge in [0.1, 0.15) is 5.82 Å². The van der Waals surface area contributed by atoms with Gasteiger partial charge in [-0.3, -0.25) is 4.90 Å². The van der Waals surface area contributed by atoms with Crippen molar-refractivity contribution in [2.75, 3.05) is 33.4 Å². The van der Waals surface area contributed by atoms with Crippen LogP contribution in [0.25, 0.3) is 16.9 Å². The molecule has 1 aliphatic heterocycles. The smallest absolute Gasteiger partial charge is 0.123 e. The minimum absolute atomic E-state index is 0.0789. The van der Waals surface area contributed by atoms with Gasteiger partial charge in [0.25, 0.3) is 0 Å². The fourth-order valence-electron chi connectivity index (χ4n) is 3.55. The Morgan fingerprint density at radius 1 is 1.10 bits per heavy atom. The third-order valence-corrected chi connectivity index (χ3v) is 5.05. The van der Waals surface area contributed by atoms with E-state index in [9.17, 15) is 4.39 Å². The number of aryl methyl sites for hydroxylation is 1. The highest BCUT2D eigenvalue weighted by molar-refractivity contribution is 5.63. The lowest BCUT2D eigenvalue weighted by molar-refractivity contribution is -0.0962. The van der Waals surface area contributed by atoms with Crippen LogP contribution in [0, 0.1) is 12.7 Å². The number of benzene rings is 2. The van der Waals surface area contributed by atoms with Crippen molar-refractivity contribution >= 4 is 0 Å². The van der Waals surface area contributed by atoms with Crippen LogP contribution in [0.5, 0.6) is 0 Å². The van der Waals surface area contributed by atoms with Gasteiger partial charge in [0, 0.05) is 30.4 Å². The summed E-state index contributed by atoms with van der Waals surface area (Å²) in [6, 6.07) is 14.7. The molecule has 152 valence electrons. The summed E-state index contributed by atoms with van der Waals surface area (Å²) in [5.41, 5.74) is 5.04. The average Bonchev–Trinajstić information content (AvgIpc) is 3.13. The highest BCUT2D eigenvalue weighted by Gasteiger charge is 2.19. The molecule has 3 aromatic rings. The molecular weight excluding hydrogens is 369 g/mol. The maximum Gasteiger partial charge on any atom is 0.123 e. The fourth-order valence-corrected chi connectivity index (χ4v) is 3.55. The van der Waals surface area contributed by atoms with E-state index >= 15 is 0 Å². The van der Waals surface area contributed by atoms with Crippen LogP contribution in [-0.2, 0) is 16.0 Å². The highest BCUT2D eigenvalue weighted by Crippen LogP contribution is 2.25. The van der Waals surface area contributed by atoms with Gasteiger partial charge in [0.2, 0.25) is 0 Å². The lowest BCUT2D eigenvalue weighted by Crippen LogP contribution is -2.38. The maximum atomic E-state index is 13.4. The molecular formula is C23H26FN3O2. The molecule has 6 heteroatoms. The van der Waals surface area contributed by atoms with Crippen molar-refractivity contribution in [3.05, 3.63) is 71.7 Å². The minimum Gasteiger partial charge on any atom is -0.376 e. The predicted molar refractivity (Wildman–Crippen MR) is 111 cm³/mol. The van der Waals surface area contributed by atoms with Gasteiger partial charge in [-0.2, -0.15) is 5.10 Å². The summed E-state index contributed by atoms with van der Waals surface area (Å²) >= 11 is 0. The molecule has 29 heavy (non-hydrogen) atoms. The third kappa shape index (κ3) is 4.90. The zero-order valence-corrected chi connectivity index (χ0v) is 16.8. The number of rotatable bonds is 6. The SMILES string of the molecule is Cc1ccc(-n2cc(CN(C)C[C@@H]3COCCO3)c(-c3ccc(F)cc3)n2)cc1. The molecule has 1 atom stereocenters. The summed E-state index contributed by atoms with van der Waals surface area (Å²) in [5.74, 6) is -0.250. The first-order valence-electron chi connectivity index (χ1n) is 9.88. The normalized spacial score (nSPS) is 17.0. The molecule has 1 fully saturated rings. The molecule has 0 aliphatic carbocycles. The largest absolute Gasteiger partial charge is 0.376 e. The molecule has 0 N–H and O–H groups in total. The van der Waals surface area contributed by atoms with Gasteiger partial charge in [-0.25, -0.2) is 9.07 Å². The van der Waals surface area contributed by atoms with Crippen LogP contribution in [0.2, 0.25) is 0 Å². The van der Waals surface area contributed by atoms with E-state index in [0.717, 1.165) is 29.1 Å². The number of aromatic nitrogens is 2. The standard InChI is InChI=1S/C23H26FN3O2/c1-17-3-9-21(10-4-17)27-14-19(13-26(2)15-22-16-28-11-12-29-22)23(25-27)18-5-7-20(24)8-6-18/h3-10,14,22H,11-13,15-16H2,1-2H3/t22-/m1/s1. The Bertz CT molecular complexity index is 932. The monoisotopic (exact) mass is 395 g/mol. The van der Waals surface area contributed by atoms with Crippen molar-refractivity contribution in [2.45, 2.75) is 19.6 Å². The van der Waals surface area contributed by atoms with Crippen LogP contribution in [0.1, 0.15) is 11.1 Å². The molecule has 4 rings (SSSR count). The lowest BCUT2D eigenvalue weighted by Gasteiger charge is -2.27. The number of ether oxygens (including phenoxy) is 2. The summed E-state index contributed by atoms with van der Waals surface area (Å²) in [6.45, 7) is 5.48. The van der Waals surface area contributed by atoms with Gasteiger partial charge in [0.05, 0.1) is 37.3 Å². The maximum absolute atomic E-state index is 13.4. The van der Waals surface area contributed by atoms with E-state index in [2.05, 4.69) is 49.3 Å². The number of hydrogen-bond acceptors (Lipinski definition) is 4. The number of halogens is 1. The third-order valence-electron chi connectivity index (χ3n) is 5.05. The first kappa shape index (κ1) is 19.8. The van der Waals surface area contributed by atoms with E-state index in [4.69, 9.17) is 14.6 Å². The van der Waals surface area contributed by atoms with Crippen molar-refractivity contribution in [1.29, 1.82) is 0 Å². The molecule has 1 aliphatic rings. The molecule has 2 heterocycles. The Hall–Kier alpha value is -2.54. The number of hydrogen-bond donors (Lipinski definition) is 0. The summed E-state index contributed by atoms with van der Waals surface area (Å²) in [4.78, 5) is 2.21. The second kappa shape index (κ2) is 8.86. The summed E-state index contributed by atoms with van der Waals surface area (Å²) in [5, 5.41) is 4.82. The molecule has 0 spiro atoms. The Balaban J connectivity index is 1.61. The molecule has 1 aromatic heterocycles. The molecule has 0 amide bonds. The van der Waals surface area contributed by atoms with Gasteiger partial charge in [-0.15, -0.1) is 0 Å². The van der Waals surface area contributed by atoms with Crippen molar-refractivity contribution in [1.82, 2.24) is 14.7 Å². The number of likely N-dealkylation sites (N-methyl/N-ethyl adjacent to an activating group) is 1. The van der Waals surface area contributed by atoms with E-state index in [1.54, 1.807) is 12.1 Å². The molecule has 5 nitrogen and oxygen atoms in total. The Morgan fingerprint density at radius 3 is 2.55 bits per heavy atom. The molecule has 0 bridgehead atoms. The van der Waals surface area contributed by atoms with Crippen LogP contribution in [0.15, 0.2) is 54.7 Å². The van der Waals surface area contributed by atoms with Gasteiger partial charge >= 0.3 is 0 Å². The fraction of sp³-hybridized carbons (Fsp3) is 0.348. The minimum atomic E-state index is -0.250. The quantitative estimate of drug-likeness (QED) is 0.636. The zero-order chi connectivity index (χ0) is 20.2. The van der Waals surface area contributed by atoms with E-state index in [-0.39, 0.29) is 11.9 Å². The Morgan fingerprint density at radius 2 is 1.86 bits per heavy atom. The lowest BCUT2D eigenvalue weighted by atomic mass is 10.1. The molecule has 0 saturated carbocycles. The molecule has 0 unspecified atom stereocenters. The molecule has 0 radical (unpaired) electrons. The second-order valence-corrected chi connectivity index (χ2v) is 7.55. The van der Waals surface area contributed by atoms with E-state index in [1.807, 2.05) is 4.68 Å². The highest BCUT2D eigenvalue weighted by atomic mass is 19.1. The second-order valence-electron chi connectivity index (χ2n) is 7.55. The average molecular weight is 395 g/mol. The van der Waals surface area contributed by atoms with Gasteiger partial charge in [0.15, 0.2) is 0 Å². The Kier molecular flexibility index (Phi) is 6.04. The van der Waals surface area contributed by atoms with Crippen molar-refractivity contribution in [3.8, 4) is 16.9 Å².